The van der Waals surface area contributed by atoms with E-state index in [9.17, 15) is 24.0 Å². The highest BCUT2D eigenvalue weighted by Gasteiger charge is 2.43. The minimum atomic E-state index is -1.15. The summed E-state index contributed by atoms with van der Waals surface area (Å²) >= 11 is 0. The van der Waals surface area contributed by atoms with E-state index in [1.807, 2.05) is 13.8 Å². The maximum atomic E-state index is 12.7. The van der Waals surface area contributed by atoms with E-state index in [4.69, 9.17) is 4.74 Å². The number of hydrogen-bond acceptors (Lipinski definition) is 6. The van der Waals surface area contributed by atoms with Gasteiger partial charge >= 0.3 is 12.0 Å². The zero-order valence-corrected chi connectivity index (χ0v) is 15.6. The third-order valence-electron chi connectivity index (χ3n) is 4.60. The van der Waals surface area contributed by atoms with Gasteiger partial charge in [0.2, 0.25) is 0 Å². The summed E-state index contributed by atoms with van der Waals surface area (Å²) in [5.74, 6) is -2.64. The second-order valence-electron chi connectivity index (χ2n) is 7.06. The Hall–Kier alpha value is -3.23. The highest BCUT2D eigenvalue weighted by Crippen LogP contribution is 2.27. The molecule has 5 amide bonds. The number of urea groups is 1. The second-order valence-corrected chi connectivity index (χ2v) is 7.06. The summed E-state index contributed by atoms with van der Waals surface area (Å²) in [4.78, 5) is 63.5. The van der Waals surface area contributed by atoms with Crippen LogP contribution in [0.5, 0.6) is 0 Å². The van der Waals surface area contributed by atoms with Gasteiger partial charge in [0.1, 0.15) is 6.04 Å². The van der Waals surface area contributed by atoms with Crippen LogP contribution < -0.4 is 5.32 Å². The molecule has 1 fully saturated rings. The predicted octanol–water partition coefficient (Wildman–Crippen LogP) is 0.792. The summed E-state index contributed by atoms with van der Waals surface area (Å²) in [5.41, 5.74) is 0.470. The molecular formula is C19H21N3O6. The third kappa shape index (κ3) is 3.60. The van der Waals surface area contributed by atoms with Crippen LogP contribution in [0, 0.1) is 5.92 Å². The van der Waals surface area contributed by atoms with Gasteiger partial charge in [-0.25, -0.2) is 9.59 Å². The highest BCUT2D eigenvalue weighted by atomic mass is 16.5. The molecule has 148 valence electrons. The zero-order valence-electron chi connectivity index (χ0n) is 15.6. The topological polar surface area (TPSA) is 113 Å². The molecule has 1 aromatic rings. The Morgan fingerprint density at radius 2 is 1.71 bits per heavy atom. The average molecular weight is 387 g/mol. The second kappa shape index (κ2) is 7.79. The molecule has 9 nitrogen and oxygen atoms in total. The molecule has 1 unspecified atom stereocenters. The average Bonchev–Trinajstić information content (AvgIpc) is 3.20. The van der Waals surface area contributed by atoms with Crippen LogP contribution in [0.3, 0.4) is 0 Å². The zero-order chi connectivity index (χ0) is 20.4. The number of carbonyl (C=O) groups is 5. The van der Waals surface area contributed by atoms with Crippen molar-refractivity contribution in [1.82, 2.24) is 15.1 Å². The quantitative estimate of drug-likeness (QED) is 0.570. The minimum absolute atomic E-state index is 0.0121. The lowest BCUT2D eigenvalue weighted by atomic mass is 10.0. The molecule has 0 spiro atoms. The number of amides is 5. The Morgan fingerprint density at radius 3 is 2.21 bits per heavy atom. The van der Waals surface area contributed by atoms with Crippen molar-refractivity contribution in [1.29, 1.82) is 0 Å². The van der Waals surface area contributed by atoms with Crippen LogP contribution in [0.4, 0.5) is 4.79 Å². The Balaban J connectivity index is 1.74. The van der Waals surface area contributed by atoms with Crippen molar-refractivity contribution < 1.29 is 28.7 Å². The molecule has 2 aliphatic heterocycles. The molecule has 9 heteroatoms. The smallest absolute Gasteiger partial charge is 0.329 e. The fraction of sp³-hybridized carbons (Fsp3) is 0.421. The largest absolute Gasteiger partial charge is 0.454 e. The van der Waals surface area contributed by atoms with Crippen molar-refractivity contribution in [3.63, 3.8) is 0 Å². The van der Waals surface area contributed by atoms with Crippen LogP contribution in [-0.2, 0) is 14.3 Å². The van der Waals surface area contributed by atoms with Gasteiger partial charge in [-0.1, -0.05) is 26.0 Å². The molecule has 0 aliphatic carbocycles. The number of carbonyl (C=O) groups excluding carboxylic acids is 5. The monoisotopic (exact) mass is 387 g/mol. The maximum absolute atomic E-state index is 12.7. The van der Waals surface area contributed by atoms with Gasteiger partial charge in [-0.3, -0.25) is 24.2 Å². The van der Waals surface area contributed by atoms with E-state index in [2.05, 4.69) is 5.32 Å². The molecule has 0 aromatic heterocycles. The number of nitrogens with zero attached hydrogens (tertiary/aromatic N) is 2. The van der Waals surface area contributed by atoms with Gasteiger partial charge in [0.15, 0.2) is 6.61 Å². The van der Waals surface area contributed by atoms with Gasteiger partial charge in [0, 0.05) is 13.1 Å². The van der Waals surface area contributed by atoms with Crippen molar-refractivity contribution in [3.05, 3.63) is 35.4 Å². The van der Waals surface area contributed by atoms with Crippen molar-refractivity contribution in [2.24, 2.45) is 5.92 Å². The molecule has 2 aliphatic rings. The van der Waals surface area contributed by atoms with Crippen LogP contribution in [0.2, 0.25) is 0 Å². The molecule has 1 saturated heterocycles. The van der Waals surface area contributed by atoms with Gasteiger partial charge in [0.05, 0.1) is 11.1 Å². The number of nitrogens with one attached hydrogen (secondary N) is 1. The number of fused-ring (bicyclic) bond motifs is 1. The lowest BCUT2D eigenvalue weighted by Gasteiger charge is -2.26. The minimum Gasteiger partial charge on any atom is -0.454 e. The van der Waals surface area contributed by atoms with E-state index in [1.54, 1.807) is 12.1 Å². The first-order chi connectivity index (χ1) is 13.3. The first kappa shape index (κ1) is 19.5. The van der Waals surface area contributed by atoms with Crippen LogP contribution in [-0.4, -0.2) is 65.3 Å². The Kier molecular flexibility index (Phi) is 5.43. The van der Waals surface area contributed by atoms with Crippen molar-refractivity contribution in [2.75, 3.05) is 19.7 Å². The molecule has 0 radical (unpaired) electrons. The molecule has 1 atom stereocenters. The van der Waals surface area contributed by atoms with E-state index in [0.717, 1.165) is 9.80 Å². The molecule has 0 saturated carbocycles. The van der Waals surface area contributed by atoms with E-state index in [0.29, 0.717) is 6.54 Å². The summed E-state index contributed by atoms with van der Waals surface area (Å²) in [5, 5.41) is 2.48. The lowest BCUT2D eigenvalue weighted by molar-refractivity contribution is -0.154. The number of rotatable bonds is 6. The summed E-state index contributed by atoms with van der Waals surface area (Å²) in [7, 11) is 0. The SMILES string of the molecule is CC(C)CC(C(=O)OCC(=O)N1CCNC1=O)N1C(=O)c2ccccc2C1=O. The molecule has 3 rings (SSSR count). The van der Waals surface area contributed by atoms with Crippen LogP contribution in [0.15, 0.2) is 24.3 Å². The molecule has 0 bridgehead atoms. The van der Waals surface area contributed by atoms with Crippen molar-refractivity contribution in [3.8, 4) is 0 Å². The Morgan fingerprint density at radius 1 is 1.11 bits per heavy atom. The van der Waals surface area contributed by atoms with Crippen molar-refractivity contribution in [2.45, 2.75) is 26.3 Å². The van der Waals surface area contributed by atoms with Gasteiger partial charge in [-0.15, -0.1) is 0 Å². The number of ether oxygens (including phenoxy) is 1. The van der Waals surface area contributed by atoms with Crippen LogP contribution in [0.25, 0.3) is 0 Å². The fourth-order valence-corrected chi connectivity index (χ4v) is 3.26. The van der Waals surface area contributed by atoms with Crippen LogP contribution >= 0.6 is 0 Å². The summed E-state index contributed by atoms with van der Waals surface area (Å²) < 4.78 is 5.08. The molecule has 1 N–H and O–H groups in total. The van der Waals surface area contributed by atoms with Crippen LogP contribution in [0.1, 0.15) is 41.0 Å². The maximum Gasteiger partial charge on any atom is 0.329 e. The van der Waals surface area contributed by atoms with Gasteiger partial charge in [-0.05, 0) is 24.5 Å². The van der Waals surface area contributed by atoms with E-state index in [1.165, 1.54) is 12.1 Å². The summed E-state index contributed by atoms with van der Waals surface area (Å²) in [6.45, 7) is 3.59. The fourth-order valence-electron chi connectivity index (χ4n) is 3.26. The first-order valence-electron chi connectivity index (χ1n) is 9.03. The first-order valence-corrected chi connectivity index (χ1v) is 9.03. The van der Waals surface area contributed by atoms with Gasteiger partial charge < -0.3 is 10.1 Å². The van der Waals surface area contributed by atoms with E-state index < -0.39 is 42.4 Å². The number of hydrogen-bond donors (Lipinski definition) is 1. The Labute approximate surface area is 161 Å². The molecular weight excluding hydrogens is 366 g/mol. The summed E-state index contributed by atoms with van der Waals surface area (Å²) in [6.07, 6.45) is 0.197. The third-order valence-corrected chi connectivity index (χ3v) is 4.60. The summed E-state index contributed by atoms with van der Waals surface area (Å²) in [6, 6.07) is 4.66. The Bertz CT molecular complexity index is 815. The molecule has 2 heterocycles. The number of benzene rings is 1. The number of esters is 1. The van der Waals surface area contributed by atoms with Gasteiger partial charge in [0.25, 0.3) is 17.7 Å². The molecule has 1 aromatic carbocycles. The lowest BCUT2D eigenvalue weighted by Crippen LogP contribution is -2.47. The van der Waals surface area contributed by atoms with E-state index in [-0.39, 0.29) is 30.0 Å². The predicted molar refractivity (Wildman–Crippen MR) is 96.3 cm³/mol. The van der Waals surface area contributed by atoms with Crippen molar-refractivity contribution >= 4 is 29.7 Å². The van der Waals surface area contributed by atoms with E-state index >= 15 is 0 Å². The number of imide groups is 2. The normalized spacial score (nSPS) is 17.0. The highest BCUT2D eigenvalue weighted by molar-refractivity contribution is 6.22. The molecule has 28 heavy (non-hydrogen) atoms. The standard InChI is InChI=1S/C19H21N3O6/c1-11(2)9-14(18(26)28-10-15(23)21-8-7-20-19(21)27)22-16(24)12-5-3-4-6-13(12)17(22)25/h3-6,11,14H,7-10H2,1-2H3,(H,20,27). The van der Waals surface area contributed by atoms with Gasteiger partial charge in [-0.2, -0.15) is 0 Å².